The minimum atomic E-state index is -0.187. The summed E-state index contributed by atoms with van der Waals surface area (Å²) < 4.78 is 0. The highest BCUT2D eigenvalue weighted by Gasteiger charge is 2.58. The van der Waals surface area contributed by atoms with Gasteiger partial charge in [0.1, 0.15) is 0 Å². The Balaban J connectivity index is 1.07. The van der Waals surface area contributed by atoms with Crippen molar-refractivity contribution in [1.29, 1.82) is 0 Å². The van der Waals surface area contributed by atoms with Gasteiger partial charge in [-0.2, -0.15) is 0 Å². The Labute approximate surface area is 476 Å². The number of benzene rings is 9. The molecule has 2 unspecified atom stereocenters. The third-order valence-corrected chi connectivity index (χ3v) is 20.3. The molecule has 0 amide bonds. The molecule has 0 bridgehead atoms. The number of hydrogen-bond donors (Lipinski definition) is 0. The quantitative estimate of drug-likeness (QED) is 0.154. The van der Waals surface area contributed by atoms with Gasteiger partial charge in [0.2, 0.25) is 0 Å². The van der Waals surface area contributed by atoms with Crippen molar-refractivity contribution in [1.82, 2.24) is 0 Å². The van der Waals surface area contributed by atoms with Crippen molar-refractivity contribution in [2.24, 2.45) is 10.8 Å². The molecule has 3 aliphatic carbocycles. The first-order chi connectivity index (χ1) is 38.5. The highest BCUT2D eigenvalue weighted by atomic mass is 15.3. The number of hydrogen-bond acceptors (Lipinski definition) is 3. The molecule has 15 rings (SSSR count). The second-order valence-corrected chi connectivity index (χ2v) is 27.9. The van der Waals surface area contributed by atoms with Crippen molar-refractivity contribution >= 4 is 68.6 Å². The van der Waals surface area contributed by atoms with Gasteiger partial charge in [-0.15, -0.1) is 0 Å². The molecule has 0 radical (unpaired) electrons. The maximum absolute atomic E-state index is 2.85. The molecule has 0 saturated heterocycles. The van der Waals surface area contributed by atoms with Crippen LogP contribution in [0.2, 0.25) is 0 Å². The highest BCUT2D eigenvalue weighted by Crippen LogP contribution is 2.63. The maximum atomic E-state index is 2.85. The van der Waals surface area contributed by atoms with Crippen molar-refractivity contribution in [3.63, 3.8) is 0 Å². The zero-order valence-corrected chi connectivity index (χ0v) is 48.5. The summed E-state index contributed by atoms with van der Waals surface area (Å²) in [4.78, 5) is 8.31. The topological polar surface area (TPSA) is 9.72 Å². The van der Waals surface area contributed by atoms with Crippen LogP contribution in [-0.4, -0.2) is 12.3 Å². The van der Waals surface area contributed by atoms with E-state index in [1.807, 2.05) is 0 Å². The van der Waals surface area contributed by atoms with Crippen LogP contribution in [0, 0.1) is 10.8 Å². The summed E-state index contributed by atoms with van der Waals surface area (Å²) in [6.45, 7) is 22.1. The van der Waals surface area contributed by atoms with Crippen LogP contribution >= 0.6 is 0 Å². The molecule has 9 aromatic rings. The van der Waals surface area contributed by atoms with Gasteiger partial charge in [0, 0.05) is 50.8 Å². The van der Waals surface area contributed by atoms with E-state index in [0.29, 0.717) is 0 Å². The van der Waals surface area contributed by atoms with Gasteiger partial charge in [0.25, 0.3) is 6.71 Å². The Morgan fingerprint density at radius 3 is 1.64 bits per heavy atom. The van der Waals surface area contributed by atoms with Crippen LogP contribution in [0.15, 0.2) is 188 Å². The van der Waals surface area contributed by atoms with Crippen molar-refractivity contribution in [2.75, 3.05) is 14.7 Å². The van der Waals surface area contributed by atoms with Crippen LogP contribution in [-0.2, 0) is 36.5 Å². The van der Waals surface area contributed by atoms with E-state index in [-0.39, 0.29) is 33.9 Å². The average Bonchev–Trinajstić information content (AvgIpc) is 4.21. The van der Waals surface area contributed by atoms with E-state index >= 15 is 0 Å². The van der Waals surface area contributed by atoms with E-state index in [2.05, 4.69) is 265 Å². The zero-order valence-electron chi connectivity index (χ0n) is 48.5. The van der Waals surface area contributed by atoms with Crippen LogP contribution in [0.5, 0.6) is 0 Å². The monoisotopic (exact) mass is 1040 g/mol. The molecule has 0 spiro atoms. The third kappa shape index (κ3) is 7.53. The van der Waals surface area contributed by atoms with Crippen LogP contribution in [0.25, 0.3) is 33.4 Å². The number of anilines is 8. The van der Waals surface area contributed by atoms with Gasteiger partial charge >= 0.3 is 0 Å². The summed E-state index contributed by atoms with van der Waals surface area (Å²) in [6, 6.07) is 73.7. The van der Waals surface area contributed by atoms with Gasteiger partial charge in [0.05, 0.1) is 11.2 Å². The van der Waals surface area contributed by atoms with Crippen molar-refractivity contribution in [3.8, 4) is 33.4 Å². The molecule has 1 fully saturated rings. The smallest absolute Gasteiger partial charge is 0.252 e. The summed E-state index contributed by atoms with van der Waals surface area (Å²) in [5.74, 6) is 0. The van der Waals surface area contributed by atoms with E-state index in [9.17, 15) is 0 Å². The van der Waals surface area contributed by atoms with E-state index in [4.69, 9.17) is 0 Å². The third-order valence-electron chi connectivity index (χ3n) is 20.3. The minimum Gasteiger partial charge on any atom is -0.334 e. The van der Waals surface area contributed by atoms with Gasteiger partial charge in [-0.1, -0.05) is 196 Å². The zero-order chi connectivity index (χ0) is 54.7. The molecule has 9 aromatic carbocycles. The summed E-state index contributed by atoms with van der Waals surface area (Å²) in [5, 5.41) is 0. The molecule has 2 atom stereocenters. The van der Waals surface area contributed by atoms with Gasteiger partial charge in [0.15, 0.2) is 0 Å². The fourth-order valence-corrected chi connectivity index (χ4v) is 16.2. The largest absolute Gasteiger partial charge is 0.334 e. The molecule has 396 valence electrons. The van der Waals surface area contributed by atoms with E-state index in [1.54, 1.807) is 0 Å². The van der Waals surface area contributed by atoms with Gasteiger partial charge in [-0.25, -0.2) is 0 Å². The highest BCUT2D eigenvalue weighted by molar-refractivity contribution is 7.00. The normalized spacial score (nSPS) is 20.6. The molecule has 0 aromatic heterocycles. The first-order valence-electron chi connectivity index (χ1n) is 29.9. The summed E-state index contributed by atoms with van der Waals surface area (Å²) in [7, 11) is 0. The summed E-state index contributed by atoms with van der Waals surface area (Å²) in [6.07, 6.45) is 9.06. The van der Waals surface area contributed by atoms with Crippen molar-refractivity contribution < 1.29 is 0 Å². The summed E-state index contributed by atoms with van der Waals surface area (Å²) >= 11 is 0. The molecule has 3 aliphatic heterocycles. The second kappa shape index (κ2) is 17.5. The Hall–Kier alpha value is -7.56. The Kier molecular flexibility index (Phi) is 10.8. The first kappa shape index (κ1) is 49.5. The van der Waals surface area contributed by atoms with Crippen LogP contribution in [0.1, 0.15) is 121 Å². The van der Waals surface area contributed by atoms with Crippen LogP contribution in [0.3, 0.4) is 0 Å². The van der Waals surface area contributed by atoms with Gasteiger partial charge in [-0.3, -0.25) is 0 Å². The predicted octanol–water partition coefficient (Wildman–Crippen LogP) is 18.1. The molecule has 3 heterocycles. The second-order valence-electron chi connectivity index (χ2n) is 27.9. The lowest BCUT2D eigenvalue weighted by molar-refractivity contribution is 0.195. The number of rotatable bonds is 6. The summed E-state index contributed by atoms with van der Waals surface area (Å²) in [5.41, 5.74) is 30.7. The lowest BCUT2D eigenvalue weighted by atomic mass is 9.33. The van der Waals surface area contributed by atoms with Crippen LogP contribution in [0.4, 0.5) is 45.5 Å². The maximum Gasteiger partial charge on any atom is 0.252 e. The van der Waals surface area contributed by atoms with E-state index in [0.717, 1.165) is 38.5 Å². The SMILES string of the molecule is CC1(C)Cc2ccc(N3c4cc5c(cc4B4c6ccc(-c7ccccc7)cc6N(c6ccc(C(C)(C)C)cc6-c6ccccc6)c6cc(N7c8ccc(-c9ccccc9)cc8C8(C)CCCCC78C)cc3c64)CC(C)(C)C5)cc2C1. The molecule has 6 aliphatic rings. The molecule has 0 N–H and O–H groups in total. The van der Waals surface area contributed by atoms with Crippen LogP contribution < -0.4 is 31.1 Å². The number of fused-ring (bicyclic) bond motifs is 9. The first-order valence-corrected chi connectivity index (χ1v) is 29.9. The minimum absolute atomic E-state index is 0.0115. The van der Waals surface area contributed by atoms with Crippen molar-refractivity contribution in [2.45, 2.75) is 130 Å². The average molecular weight is 1040 g/mol. The molecular weight excluding hydrogens is 966 g/mol. The van der Waals surface area contributed by atoms with E-state index in [1.165, 1.54) is 141 Å². The fourth-order valence-electron chi connectivity index (χ4n) is 16.2. The lowest BCUT2D eigenvalue weighted by Gasteiger charge is -2.51. The predicted molar refractivity (Wildman–Crippen MR) is 341 cm³/mol. The molecule has 4 heteroatoms. The molecular formula is C76H74BN3. The number of nitrogens with zero attached hydrogens (tertiary/aromatic N) is 3. The van der Waals surface area contributed by atoms with Gasteiger partial charge < -0.3 is 14.7 Å². The molecule has 80 heavy (non-hydrogen) atoms. The molecule has 1 saturated carbocycles. The Bertz CT molecular complexity index is 4000. The molecule has 3 nitrogen and oxygen atoms in total. The Morgan fingerprint density at radius 1 is 0.400 bits per heavy atom. The van der Waals surface area contributed by atoms with Crippen molar-refractivity contribution in [3.05, 3.63) is 221 Å². The Morgan fingerprint density at radius 2 is 0.963 bits per heavy atom. The van der Waals surface area contributed by atoms with Gasteiger partial charge in [-0.05, 0) is 200 Å². The van der Waals surface area contributed by atoms with E-state index < -0.39 is 0 Å². The fraction of sp³-hybridized carbons (Fsp3) is 0.289. The standard InChI is InChI=1S/C76H74BN3/c1-72(2,3)58-30-34-65(61(42-58)51-25-17-12-18-26-51)79-67-40-53(50-23-15-11-16-24-50)28-32-63(67)77-64-39-56-47-74(6,7)48-57(56)41-68(64)78(59-31-27-54-45-73(4,5)46-55(54)37-59)69-43-60(44-70(79)71(69)77)80-66-33-29-52(49-21-13-10-14-22-49)38-62(66)75(8)35-19-20-36-76(75,80)9/h10-18,21-34,37-44H,19-20,35-36,45-48H2,1-9H3. The lowest BCUT2D eigenvalue weighted by Crippen LogP contribution is -2.61.